The van der Waals surface area contributed by atoms with E-state index in [4.69, 9.17) is 22.3 Å². The molecule has 186 valence electrons. The van der Waals surface area contributed by atoms with Crippen molar-refractivity contribution in [2.45, 2.75) is 142 Å². The molecule has 5 nitrogen and oxygen atoms in total. The van der Waals surface area contributed by atoms with Crippen molar-refractivity contribution in [2.24, 2.45) is 0 Å². The molecule has 0 aromatic heterocycles. The third kappa shape index (κ3) is 53.1. The monoisotopic (exact) mass is 498 g/mol. The summed E-state index contributed by atoms with van der Waals surface area (Å²) in [5, 5.41) is 0. The van der Waals surface area contributed by atoms with E-state index in [9.17, 15) is 0 Å². The number of hydrogen-bond donors (Lipinski definition) is 0. The second kappa shape index (κ2) is 34.8. The summed E-state index contributed by atoms with van der Waals surface area (Å²) in [5.41, 5.74) is 0. The fourth-order valence-electron chi connectivity index (χ4n) is 3.49. The summed E-state index contributed by atoms with van der Waals surface area (Å²) < 4.78 is 39.9. The fraction of sp³-hybridized carbons (Fsp3) is 1.00. The van der Waals surface area contributed by atoms with Crippen molar-refractivity contribution in [3.05, 3.63) is 0 Å². The summed E-state index contributed by atoms with van der Waals surface area (Å²) in [6, 6.07) is 0. The van der Waals surface area contributed by atoms with Gasteiger partial charge in [0.1, 0.15) is 0 Å². The minimum Gasteiger partial charge on any atom is -1.00 e. The Labute approximate surface area is 240 Å². The van der Waals surface area contributed by atoms with Crippen LogP contribution in [-0.2, 0) is 15.1 Å². The Morgan fingerprint density at radius 1 is 0.531 bits per heavy atom. The van der Waals surface area contributed by atoms with Crippen LogP contribution in [0.5, 0.6) is 0 Å². The molecule has 0 bridgehead atoms. The molecule has 0 saturated heterocycles. The molecule has 0 spiro atoms. The van der Waals surface area contributed by atoms with E-state index in [1.54, 1.807) is 0 Å². The second-order valence-corrected chi connectivity index (χ2v) is 9.20. The van der Waals surface area contributed by atoms with Crippen molar-refractivity contribution in [2.75, 3.05) is 13.2 Å². The zero-order chi connectivity index (χ0) is 22.8. The molecule has 0 heterocycles. The first-order valence-corrected chi connectivity index (χ1v) is 14.0. The van der Waals surface area contributed by atoms with E-state index in [0.717, 1.165) is 13.2 Å². The van der Waals surface area contributed by atoms with Crippen LogP contribution < -0.4 is 29.6 Å². The Morgan fingerprint density at radius 2 is 0.719 bits per heavy atom. The first kappa shape index (κ1) is 40.8. The van der Waals surface area contributed by atoms with Crippen LogP contribution in [0.1, 0.15) is 144 Å². The third-order valence-electron chi connectivity index (χ3n) is 5.28. The van der Waals surface area contributed by atoms with Gasteiger partial charge in [0.2, 0.25) is 0 Å². The first-order chi connectivity index (χ1) is 14.4. The third-order valence-corrected chi connectivity index (χ3v) is 5.28. The van der Waals surface area contributed by atoms with E-state index < -0.39 is 10.4 Å². The minimum atomic E-state index is -5.17. The molecular formula is C24H51MgNaO5S. The van der Waals surface area contributed by atoms with E-state index in [2.05, 4.69) is 13.8 Å². The normalized spacial score (nSPS) is 10.6. The van der Waals surface area contributed by atoms with Crippen molar-refractivity contribution in [1.29, 1.82) is 0 Å². The van der Waals surface area contributed by atoms with E-state index >= 15 is 0 Å². The van der Waals surface area contributed by atoms with Crippen LogP contribution in [0.2, 0.25) is 0 Å². The van der Waals surface area contributed by atoms with Gasteiger partial charge in [-0.1, -0.05) is 129 Å². The molecule has 0 aliphatic heterocycles. The smallest absolute Gasteiger partial charge is 1.00 e. The van der Waals surface area contributed by atoms with E-state index in [1.165, 1.54) is 128 Å². The van der Waals surface area contributed by atoms with Crippen LogP contribution in [0.4, 0.5) is 0 Å². The second-order valence-electron chi connectivity index (χ2n) is 8.38. The average Bonchev–Trinajstić information content (AvgIpc) is 2.68. The quantitative estimate of drug-likeness (QED) is 0.0963. The standard InChI is InChI=1S/C24H50O.Mg.Na.H2O4S.H/c1-3-5-7-9-11-13-15-17-19-21-23-25-24-22-20-18-16-14-12-10-8-6-4-2;;;1-5(2,3)4;/h3-24H2,1-2H3;;;(H2,1,2,3,4);/q;+2;+1;;-1/p-2. The Bertz CT molecular complexity index is 388. The van der Waals surface area contributed by atoms with Gasteiger partial charge in [0.15, 0.2) is 0 Å². The van der Waals surface area contributed by atoms with Gasteiger partial charge >= 0.3 is 52.6 Å². The van der Waals surface area contributed by atoms with Crippen molar-refractivity contribution in [3.63, 3.8) is 0 Å². The molecule has 0 N–H and O–H groups in total. The topological polar surface area (TPSA) is 89.5 Å². The molecule has 0 radical (unpaired) electrons. The Balaban J connectivity index is -0.000000293. The van der Waals surface area contributed by atoms with Crippen LogP contribution in [0.15, 0.2) is 0 Å². The van der Waals surface area contributed by atoms with Crippen LogP contribution in [0.25, 0.3) is 0 Å². The van der Waals surface area contributed by atoms with Crippen LogP contribution in [0, 0.1) is 0 Å². The number of hydrogen-bond acceptors (Lipinski definition) is 5. The SMILES string of the molecule is CCCCCCCCCCCCOCCCCCCCCCCCC.O=S(=O)([O-])[O-].[H-].[Mg+2].[Na+]. The molecule has 0 aromatic rings. The zero-order valence-electron chi connectivity index (χ0n) is 22.7. The Hall–Kier alpha value is 1.60. The van der Waals surface area contributed by atoms with Gasteiger partial charge in [-0.05, 0) is 12.8 Å². The predicted octanol–water partition coefficient (Wildman–Crippen LogP) is 4.24. The predicted molar refractivity (Wildman–Crippen MR) is 132 cm³/mol. The fourth-order valence-corrected chi connectivity index (χ4v) is 3.49. The molecular weight excluding hydrogens is 448 g/mol. The van der Waals surface area contributed by atoms with Gasteiger partial charge in [-0.25, -0.2) is 0 Å². The molecule has 0 fully saturated rings. The largest absolute Gasteiger partial charge is 2.00 e. The summed E-state index contributed by atoms with van der Waals surface area (Å²) in [5.74, 6) is 0. The molecule has 0 aliphatic rings. The van der Waals surface area contributed by atoms with Gasteiger partial charge in [-0.15, -0.1) is 0 Å². The molecule has 0 rings (SSSR count). The van der Waals surface area contributed by atoms with Crippen molar-refractivity contribution >= 4 is 33.5 Å². The van der Waals surface area contributed by atoms with Gasteiger partial charge in [-0.3, -0.25) is 8.42 Å². The summed E-state index contributed by atoms with van der Waals surface area (Å²) >= 11 is 0. The van der Waals surface area contributed by atoms with Gasteiger partial charge in [0.25, 0.3) is 0 Å². The summed E-state index contributed by atoms with van der Waals surface area (Å²) in [6.45, 7) is 6.57. The van der Waals surface area contributed by atoms with Crippen LogP contribution >= 0.6 is 0 Å². The van der Waals surface area contributed by atoms with Crippen LogP contribution in [-0.4, -0.2) is 53.8 Å². The van der Waals surface area contributed by atoms with E-state index in [0.29, 0.717) is 0 Å². The van der Waals surface area contributed by atoms with E-state index in [1.807, 2.05) is 0 Å². The van der Waals surface area contributed by atoms with Gasteiger partial charge < -0.3 is 15.3 Å². The summed E-state index contributed by atoms with van der Waals surface area (Å²) in [7, 11) is -5.17. The molecule has 0 aliphatic carbocycles. The molecule has 32 heavy (non-hydrogen) atoms. The number of rotatable bonds is 22. The summed E-state index contributed by atoms with van der Waals surface area (Å²) in [6.07, 6.45) is 28.2. The van der Waals surface area contributed by atoms with Crippen molar-refractivity contribution in [1.82, 2.24) is 0 Å². The molecule has 0 aromatic carbocycles. The maximum atomic E-state index is 8.52. The number of ether oxygens (including phenoxy) is 1. The zero-order valence-corrected chi connectivity index (χ0v) is 25.9. The van der Waals surface area contributed by atoms with Gasteiger partial charge in [-0.2, -0.15) is 0 Å². The molecule has 0 saturated carbocycles. The summed E-state index contributed by atoms with van der Waals surface area (Å²) in [4.78, 5) is 0. The van der Waals surface area contributed by atoms with Gasteiger partial charge in [0.05, 0.1) is 0 Å². The molecule has 0 unspecified atom stereocenters. The molecule has 0 amide bonds. The Morgan fingerprint density at radius 3 is 0.938 bits per heavy atom. The first-order valence-electron chi connectivity index (χ1n) is 12.7. The maximum absolute atomic E-state index is 8.52. The average molecular weight is 499 g/mol. The molecule has 8 heteroatoms. The number of unbranched alkanes of at least 4 members (excludes halogenated alkanes) is 18. The van der Waals surface area contributed by atoms with Gasteiger partial charge in [0, 0.05) is 23.6 Å². The molecule has 0 atom stereocenters. The van der Waals surface area contributed by atoms with Crippen molar-refractivity contribution < 1.29 is 53.2 Å². The minimum absolute atomic E-state index is 0. The van der Waals surface area contributed by atoms with Crippen molar-refractivity contribution in [3.8, 4) is 0 Å². The Kier molecular flexibility index (Phi) is 44.3. The maximum Gasteiger partial charge on any atom is 2.00 e. The van der Waals surface area contributed by atoms with Crippen LogP contribution in [0.3, 0.4) is 0 Å². The van der Waals surface area contributed by atoms with E-state index in [-0.39, 0.29) is 54.0 Å².